The number of hydrogen-bond acceptors (Lipinski definition) is 2. The molecule has 1 fully saturated rings. The van der Waals surface area contributed by atoms with Gasteiger partial charge in [-0.3, -0.25) is 9.59 Å². The molecule has 1 aromatic rings. The Morgan fingerprint density at radius 1 is 1.11 bits per heavy atom. The van der Waals surface area contributed by atoms with E-state index in [0.717, 1.165) is 56.2 Å². The number of carbonyl (C=O) groups is 2. The van der Waals surface area contributed by atoms with Crippen molar-refractivity contribution in [1.82, 2.24) is 0 Å². The van der Waals surface area contributed by atoms with Crippen LogP contribution in [0.3, 0.4) is 0 Å². The van der Waals surface area contributed by atoms with Crippen molar-refractivity contribution in [3.05, 3.63) is 29.8 Å². The summed E-state index contributed by atoms with van der Waals surface area (Å²) in [6, 6.07) is 7.86. The smallest absolute Gasteiger partial charge is 0.230 e. The third-order valence-corrected chi connectivity index (χ3v) is 6.78. The van der Waals surface area contributed by atoms with Gasteiger partial charge in [-0.25, -0.2) is 0 Å². The van der Waals surface area contributed by atoms with Gasteiger partial charge < -0.3 is 5.32 Å². The van der Waals surface area contributed by atoms with E-state index < -0.39 is 0 Å². The van der Waals surface area contributed by atoms with E-state index in [9.17, 15) is 9.59 Å². The highest BCUT2D eigenvalue weighted by molar-refractivity contribution is 7.96. The maximum Gasteiger partial charge on any atom is 0.230 e. The van der Waals surface area contributed by atoms with Crippen LogP contribution in [-0.2, 0) is 16.0 Å². The third kappa shape index (κ3) is 5.84. The molecular formula is C23H35NO2S. The van der Waals surface area contributed by atoms with Gasteiger partial charge in [0.25, 0.3) is 0 Å². The van der Waals surface area contributed by atoms with E-state index in [-0.39, 0.29) is 22.4 Å². The van der Waals surface area contributed by atoms with Gasteiger partial charge >= 0.3 is 0 Å². The summed E-state index contributed by atoms with van der Waals surface area (Å²) in [5, 5.41) is 3.13. The van der Waals surface area contributed by atoms with Crippen molar-refractivity contribution in [2.24, 2.45) is 17.3 Å². The number of carbonyl (C=O) groups excluding carboxylic acids is 2. The highest BCUT2D eigenvalue weighted by atomic mass is 32.1. The second-order valence-electron chi connectivity index (χ2n) is 8.28. The summed E-state index contributed by atoms with van der Waals surface area (Å²) in [5.41, 5.74) is 1.61. The first-order chi connectivity index (χ1) is 12.9. The van der Waals surface area contributed by atoms with Crippen LogP contribution in [0.5, 0.6) is 0 Å². The molecule has 1 saturated carbocycles. The lowest BCUT2D eigenvalue weighted by Crippen LogP contribution is -2.40. The predicted molar refractivity (Wildman–Crippen MR) is 116 cm³/mol. The Bertz CT molecular complexity index is 633. The highest BCUT2D eigenvalue weighted by Crippen LogP contribution is 2.44. The number of benzene rings is 1. The highest BCUT2D eigenvalue weighted by Gasteiger charge is 2.40. The normalized spacial score (nSPS) is 17.5. The molecular weight excluding hydrogens is 354 g/mol. The molecule has 1 N–H and O–H groups in total. The minimum atomic E-state index is -0.243. The number of thiol groups is 1. The molecule has 0 aliphatic heterocycles. The molecule has 1 amide bonds. The van der Waals surface area contributed by atoms with Crippen LogP contribution in [0.2, 0.25) is 0 Å². The molecule has 4 heteroatoms. The standard InChI is InChI=1S/C23H35NO2S/c1-4-18(5-2)16-23(13-9-6-10-14-23)22(26)24-20-12-8-7-11-19(20)15-17(3)21(25)27/h7-8,11-12,17-18H,4-6,9-10,13-16H2,1-3H3,(H,24,26)(H,25,27). The summed E-state index contributed by atoms with van der Waals surface area (Å²) < 4.78 is 0. The zero-order valence-electron chi connectivity index (χ0n) is 17.1. The Labute approximate surface area is 170 Å². The first-order valence-corrected chi connectivity index (χ1v) is 11.0. The van der Waals surface area contributed by atoms with Crippen LogP contribution in [0.15, 0.2) is 24.3 Å². The van der Waals surface area contributed by atoms with Crippen LogP contribution in [0, 0.1) is 17.3 Å². The summed E-state index contributed by atoms with van der Waals surface area (Å²) in [7, 11) is 0. The lowest BCUT2D eigenvalue weighted by molar-refractivity contribution is -0.128. The first-order valence-electron chi connectivity index (χ1n) is 10.5. The lowest BCUT2D eigenvalue weighted by atomic mass is 9.67. The van der Waals surface area contributed by atoms with Crippen LogP contribution in [-0.4, -0.2) is 11.0 Å². The van der Waals surface area contributed by atoms with E-state index in [4.69, 9.17) is 0 Å². The molecule has 0 aromatic heterocycles. The van der Waals surface area contributed by atoms with Crippen molar-refractivity contribution in [3.63, 3.8) is 0 Å². The van der Waals surface area contributed by atoms with Gasteiger partial charge in [0.05, 0.1) is 0 Å². The van der Waals surface area contributed by atoms with Crippen LogP contribution in [0.25, 0.3) is 0 Å². The van der Waals surface area contributed by atoms with Crippen molar-refractivity contribution < 1.29 is 9.59 Å². The fraction of sp³-hybridized carbons (Fsp3) is 0.652. The summed E-state index contributed by atoms with van der Waals surface area (Å²) in [4.78, 5) is 25.0. The van der Waals surface area contributed by atoms with Crippen LogP contribution in [0.4, 0.5) is 5.69 Å². The number of para-hydroxylation sites is 1. The molecule has 27 heavy (non-hydrogen) atoms. The van der Waals surface area contributed by atoms with E-state index in [1.165, 1.54) is 6.42 Å². The molecule has 1 unspecified atom stereocenters. The first kappa shape index (κ1) is 22.0. The zero-order chi connectivity index (χ0) is 19.9. The maximum absolute atomic E-state index is 13.4. The molecule has 1 aliphatic rings. The van der Waals surface area contributed by atoms with Gasteiger partial charge in [-0.05, 0) is 43.2 Å². The zero-order valence-corrected chi connectivity index (χ0v) is 18.0. The quantitative estimate of drug-likeness (QED) is 0.506. The number of rotatable bonds is 9. The summed E-state index contributed by atoms with van der Waals surface area (Å²) in [6.07, 6.45) is 9.33. The van der Waals surface area contributed by atoms with Crippen LogP contribution < -0.4 is 5.32 Å². The van der Waals surface area contributed by atoms with Gasteiger partial charge in [-0.2, -0.15) is 0 Å². The fourth-order valence-corrected chi connectivity index (χ4v) is 4.47. The van der Waals surface area contributed by atoms with Crippen molar-refractivity contribution in [3.8, 4) is 0 Å². The van der Waals surface area contributed by atoms with Gasteiger partial charge in [0.15, 0.2) is 5.12 Å². The molecule has 0 radical (unpaired) electrons. The monoisotopic (exact) mass is 389 g/mol. The minimum absolute atomic E-state index is 0.117. The molecule has 150 valence electrons. The average Bonchev–Trinajstić information content (AvgIpc) is 2.68. The molecule has 1 aliphatic carbocycles. The second kappa shape index (κ2) is 10.3. The molecule has 0 spiro atoms. The van der Waals surface area contributed by atoms with E-state index in [0.29, 0.717) is 12.3 Å². The molecule has 0 saturated heterocycles. The lowest BCUT2D eigenvalue weighted by Gasteiger charge is -2.38. The van der Waals surface area contributed by atoms with Crippen molar-refractivity contribution in [2.45, 2.75) is 78.6 Å². The second-order valence-corrected chi connectivity index (χ2v) is 8.72. The van der Waals surface area contributed by atoms with Crippen molar-refractivity contribution >= 4 is 29.3 Å². The summed E-state index contributed by atoms with van der Waals surface area (Å²) >= 11 is 3.96. The van der Waals surface area contributed by atoms with Gasteiger partial charge in [0.2, 0.25) is 5.91 Å². The SMILES string of the molecule is CCC(CC)CC1(C(=O)Nc2ccccc2CC(C)C(=O)S)CCCCC1. The van der Waals surface area contributed by atoms with Gasteiger partial charge in [0.1, 0.15) is 0 Å². The average molecular weight is 390 g/mol. The molecule has 0 heterocycles. The largest absolute Gasteiger partial charge is 0.325 e. The Balaban J connectivity index is 2.21. The Morgan fingerprint density at radius 2 is 1.74 bits per heavy atom. The molecule has 3 nitrogen and oxygen atoms in total. The molecule has 1 atom stereocenters. The van der Waals surface area contributed by atoms with E-state index in [1.807, 2.05) is 31.2 Å². The number of nitrogens with one attached hydrogen (secondary N) is 1. The van der Waals surface area contributed by atoms with Crippen molar-refractivity contribution in [2.75, 3.05) is 5.32 Å². The fourth-order valence-electron chi connectivity index (χ4n) is 4.37. The molecule has 1 aromatic carbocycles. The van der Waals surface area contributed by atoms with E-state index in [1.54, 1.807) is 0 Å². The van der Waals surface area contributed by atoms with Gasteiger partial charge in [-0.1, -0.05) is 71.1 Å². The predicted octanol–water partition coefficient (Wildman–Crippen LogP) is 6.04. The Kier molecular flexibility index (Phi) is 8.40. The number of hydrogen-bond donors (Lipinski definition) is 2. The molecule has 2 rings (SSSR count). The maximum atomic E-state index is 13.4. The number of anilines is 1. The van der Waals surface area contributed by atoms with Crippen molar-refractivity contribution in [1.29, 1.82) is 0 Å². The van der Waals surface area contributed by atoms with Gasteiger partial charge in [0, 0.05) is 17.0 Å². The summed E-state index contributed by atoms with van der Waals surface area (Å²) in [6.45, 7) is 6.34. The van der Waals surface area contributed by atoms with Crippen LogP contribution in [0.1, 0.15) is 77.7 Å². The summed E-state index contributed by atoms with van der Waals surface area (Å²) in [5.74, 6) is 0.608. The minimum Gasteiger partial charge on any atom is -0.325 e. The third-order valence-electron chi connectivity index (χ3n) is 6.34. The Hall–Kier alpha value is -1.29. The number of amides is 1. The topological polar surface area (TPSA) is 46.2 Å². The Morgan fingerprint density at radius 3 is 2.33 bits per heavy atom. The van der Waals surface area contributed by atoms with Crippen LogP contribution >= 0.6 is 12.6 Å². The van der Waals surface area contributed by atoms with Gasteiger partial charge in [-0.15, -0.1) is 12.6 Å². The van der Waals surface area contributed by atoms with E-state index >= 15 is 0 Å². The van der Waals surface area contributed by atoms with E-state index in [2.05, 4.69) is 31.8 Å². The molecule has 0 bridgehead atoms.